The second-order valence-corrected chi connectivity index (χ2v) is 3.31. The van der Waals surface area contributed by atoms with Gasteiger partial charge >= 0.3 is 0 Å². The average Bonchev–Trinajstić information content (AvgIpc) is 2.58. The number of benzene rings is 1. The Balaban J connectivity index is 2.43. The molecule has 1 aromatic heterocycles. The van der Waals surface area contributed by atoms with Crippen molar-refractivity contribution in [1.29, 1.82) is 0 Å². The van der Waals surface area contributed by atoms with Gasteiger partial charge in [0.15, 0.2) is 0 Å². The summed E-state index contributed by atoms with van der Waals surface area (Å²) in [6.45, 7) is 0. The number of halogens is 1. The maximum absolute atomic E-state index is 4.74. The van der Waals surface area contributed by atoms with E-state index in [-0.39, 0.29) is 0 Å². The SMILES string of the molecule is Brc1ccc(-c2ccon2)cc1. The monoisotopic (exact) mass is 223 g/mol. The molecule has 0 bridgehead atoms. The van der Waals surface area contributed by atoms with E-state index in [1.165, 1.54) is 0 Å². The maximum Gasteiger partial charge on any atom is 0.124 e. The summed E-state index contributed by atoms with van der Waals surface area (Å²) in [4.78, 5) is 0. The van der Waals surface area contributed by atoms with Gasteiger partial charge in [0, 0.05) is 16.1 Å². The largest absolute Gasteiger partial charge is 0.364 e. The molecule has 12 heavy (non-hydrogen) atoms. The molecular weight excluding hydrogens is 218 g/mol. The molecule has 2 rings (SSSR count). The molecule has 2 aromatic rings. The van der Waals surface area contributed by atoms with Gasteiger partial charge in [-0.1, -0.05) is 33.2 Å². The third kappa shape index (κ3) is 1.41. The van der Waals surface area contributed by atoms with E-state index in [0.29, 0.717) is 0 Å². The smallest absolute Gasteiger partial charge is 0.124 e. The first kappa shape index (κ1) is 7.55. The minimum atomic E-state index is 0.863. The van der Waals surface area contributed by atoms with Crippen molar-refractivity contribution < 1.29 is 4.52 Å². The van der Waals surface area contributed by atoms with Crippen molar-refractivity contribution in [3.05, 3.63) is 41.1 Å². The molecule has 0 saturated carbocycles. The molecule has 0 atom stereocenters. The van der Waals surface area contributed by atoms with E-state index >= 15 is 0 Å². The molecule has 0 aliphatic rings. The fraction of sp³-hybridized carbons (Fsp3) is 0. The van der Waals surface area contributed by atoms with Gasteiger partial charge in [-0.2, -0.15) is 0 Å². The summed E-state index contributed by atoms with van der Waals surface area (Å²) in [6, 6.07) is 9.77. The molecule has 1 heterocycles. The van der Waals surface area contributed by atoms with Crippen LogP contribution in [0.2, 0.25) is 0 Å². The number of aromatic nitrogens is 1. The average molecular weight is 224 g/mol. The van der Waals surface area contributed by atoms with E-state index in [1.54, 1.807) is 6.26 Å². The van der Waals surface area contributed by atoms with E-state index in [2.05, 4.69) is 21.1 Å². The third-order valence-electron chi connectivity index (χ3n) is 1.58. The lowest BCUT2D eigenvalue weighted by atomic mass is 10.2. The fourth-order valence-corrected chi connectivity index (χ4v) is 1.25. The molecule has 60 valence electrons. The van der Waals surface area contributed by atoms with Gasteiger partial charge in [0.2, 0.25) is 0 Å². The Morgan fingerprint density at radius 1 is 1.08 bits per heavy atom. The molecule has 0 N–H and O–H groups in total. The van der Waals surface area contributed by atoms with Crippen LogP contribution in [-0.2, 0) is 0 Å². The Bertz CT molecular complexity index is 353. The second-order valence-electron chi connectivity index (χ2n) is 2.39. The zero-order chi connectivity index (χ0) is 8.39. The van der Waals surface area contributed by atoms with E-state index in [0.717, 1.165) is 15.7 Å². The van der Waals surface area contributed by atoms with E-state index in [9.17, 15) is 0 Å². The van der Waals surface area contributed by atoms with Gasteiger partial charge in [-0.15, -0.1) is 0 Å². The Hall–Kier alpha value is -1.09. The quantitative estimate of drug-likeness (QED) is 0.743. The van der Waals surface area contributed by atoms with E-state index < -0.39 is 0 Å². The second kappa shape index (κ2) is 3.11. The Morgan fingerprint density at radius 2 is 1.83 bits per heavy atom. The van der Waals surface area contributed by atoms with Gasteiger partial charge in [0.1, 0.15) is 12.0 Å². The highest BCUT2D eigenvalue weighted by Gasteiger charge is 1.98. The van der Waals surface area contributed by atoms with Crippen LogP contribution in [0.25, 0.3) is 11.3 Å². The molecule has 0 saturated heterocycles. The summed E-state index contributed by atoms with van der Waals surface area (Å²) in [5.74, 6) is 0. The molecular formula is C9H6BrNO. The zero-order valence-corrected chi connectivity index (χ0v) is 7.78. The van der Waals surface area contributed by atoms with Crippen molar-refractivity contribution in [3.63, 3.8) is 0 Å². The standard InChI is InChI=1S/C9H6BrNO/c10-8-3-1-7(2-4-8)9-5-6-12-11-9/h1-6H. The minimum absolute atomic E-state index is 0.863. The molecule has 0 unspecified atom stereocenters. The Labute approximate surface area is 78.3 Å². The molecule has 0 spiro atoms. The van der Waals surface area contributed by atoms with Gasteiger partial charge in [-0.05, 0) is 12.1 Å². The van der Waals surface area contributed by atoms with Crippen LogP contribution >= 0.6 is 15.9 Å². The lowest BCUT2D eigenvalue weighted by Gasteiger charge is -1.93. The maximum atomic E-state index is 4.74. The van der Waals surface area contributed by atoms with Crippen molar-refractivity contribution in [2.75, 3.05) is 0 Å². The first-order valence-electron chi connectivity index (χ1n) is 3.52. The van der Waals surface area contributed by atoms with Crippen LogP contribution in [-0.4, -0.2) is 5.16 Å². The molecule has 0 aliphatic heterocycles. The number of rotatable bonds is 1. The normalized spacial score (nSPS) is 10.1. The van der Waals surface area contributed by atoms with Crippen molar-refractivity contribution in [2.45, 2.75) is 0 Å². The molecule has 2 nitrogen and oxygen atoms in total. The van der Waals surface area contributed by atoms with Crippen LogP contribution in [0.1, 0.15) is 0 Å². The summed E-state index contributed by atoms with van der Waals surface area (Å²) < 4.78 is 5.80. The summed E-state index contributed by atoms with van der Waals surface area (Å²) in [7, 11) is 0. The van der Waals surface area contributed by atoms with E-state index in [4.69, 9.17) is 4.52 Å². The zero-order valence-electron chi connectivity index (χ0n) is 6.20. The summed E-state index contributed by atoms with van der Waals surface area (Å²) >= 11 is 3.36. The summed E-state index contributed by atoms with van der Waals surface area (Å²) in [5.41, 5.74) is 1.93. The van der Waals surface area contributed by atoms with Crippen molar-refractivity contribution >= 4 is 15.9 Å². The Kier molecular flexibility index (Phi) is 1.96. The molecule has 0 radical (unpaired) electrons. The van der Waals surface area contributed by atoms with Crippen LogP contribution in [0.3, 0.4) is 0 Å². The predicted octanol–water partition coefficient (Wildman–Crippen LogP) is 3.10. The van der Waals surface area contributed by atoms with Crippen LogP contribution in [0.4, 0.5) is 0 Å². The van der Waals surface area contributed by atoms with Crippen LogP contribution < -0.4 is 0 Å². The predicted molar refractivity (Wildman–Crippen MR) is 49.6 cm³/mol. The van der Waals surface area contributed by atoms with Crippen molar-refractivity contribution in [1.82, 2.24) is 5.16 Å². The van der Waals surface area contributed by atoms with Crippen LogP contribution in [0.5, 0.6) is 0 Å². The molecule has 0 fully saturated rings. The molecule has 0 aliphatic carbocycles. The van der Waals surface area contributed by atoms with Crippen LogP contribution in [0, 0.1) is 0 Å². The fourth-order valence-electron chi connectivity index (χ4n) is 0.982. The van der Waals surface area contributed by atoms with Gasteiger partial charge in [0.05, 0.1) is 0 Å². The van der Waals surface area contributed by atoms with Gasteiger partial charge in [-0.25, -0.2) is 0 Å². The van der Waals surface area contributed by atoms with Crippen molar-refractivity contribution in [2.24, 2.45) is 0 Å². The highest BCUT2D eigenvalue weighted by molar-refractivity contribution is 9.10. The number of hydrogen-bond acceptors (Lipinski definition) is 2. The molecule has 0 amide bonds. The summed E-state index contributed by atoms with van der Waals surface area (Å²) in [5, 5.41) is 3.83. The number of nitrogens with zero attached hydrogens (tertiary/aromatic N) is 1. The van der Waals surface area contributed by atoms with Gasteiger partial charge in [-0.3, -0.25) is 0 Å². The van der Waals surface area contributed by atoms with Crippen LogP contribution in [0.15, 0.2) is 45.6 Å². The number of hydrogen-bond donors (Lipinski definition) is 0. The summed E-state index contributed by atoms with van der Waals surface area (Å²) in [6.07, 6.45) is 1.57. The van der Waals surface area contributed by atoms with Crippen molar-refractivity contribution in [3.8, 4) is 11.3 Å². The first-order valence-corrected chi connectivity index (χ1v) is 4.32. The Morgan fingerprint density at radius 3 is 2.42 bits per heavy atom. The highest BCUT2D eigenvalue weighted by atomic mass is 79.9. The van der Waals surface area contributed by atoms with Gasteiger partial charge < -0.3 is 4.52 Å². The molecule has 3 heteroatoms. The lowest BCUT2D eigenvalue weighted by molar-refractivity contribution is 0.422. The topological polar surface area (TPSA) is 26.0 Å². The third-order valence-corrected chi connectivity index (χ3v) is 2.11. The van der Waals surface area contributed by atoms with E-state index in [1.807, 2.05) is 30.3 Å². The van der Waals surface area contributed by atoms with Gasteiger partial charge in [0.25, 0.3) is 0 Å². The first-order chi connectivity index (χ1) is 5.86. The lowest BCUT2D eigenvalue weighted by Crippen LogP contribution is -1.74. The highest BCUT2D eigenvalue weighted by Crippen LogP contribution is 2.19. The molecule has 1 aromatic carbocycles. The minimum Gasteiger partial charge on any atom is -0.364 e.